The lowest BCUT2D eigenvalue weighted by atomic mass is 9.91. The summed E-state index contributed by atoms with van der Waals surface area (Å²) in [6.07, 6.45) is 1.89. The summed E-state index contributed by atoms with van der Waals surface area (Å²) in [6, 6.07) is -0.370. The number of carbonyl (C=O) groups excluding carboxylic acids is 1. The van der Waals surface area contributed by atoms with Crippen molar-refractivity contribution < 1.29 is 9.53 Å². The minimum atomic E-state index is -0.311. The SMILES string of the molecule is NC1=NC(=O)NC1C1CCOCC1. The van der Waals surface area contributed by atoms with E-state index in [0.29, 0.717) is 11.8 Å². The van der Waals surface area contributed by atoms with Gasteiger partial charge >= 0.3 is 6.03 Å². The predicted molar refractivity (Wildman–Crippen MR) is 47.5 cm³/mol. The third-order valence-electron chi connectivity index (χ3n) is 2.57. The van der Waals surface area contributed by atoms with E-state index in [1.165, 1.54) is 0 Å². The van der Waals surface area contributed by atoms with Crippen molar-refractivity contribution in [1.82, 2.24) is 5.32 Å². The van der Waals surface area contributed by atoms with Crippen LogP contribution in [0.25, 0.3) is 0 Å². The smallest absolute Gasteiger partial charge is 0.343 e. The Morgan fingerprint density at radius 2 is 2.15 bits per heavy atom. The summed E-state index contributed by atoms with van der Waals surface area (Å²) in [5, 5.41) is 2.75. The van der Waals surface area contributed by atoms with Gasteiger partial charge in [-0.1, -0.05) is 0 Å². The lowest BCUT2D eigenvalue weighted by Crippen LogP contribution is -2.44. The second kappa shape index (κ2) is 3.33. The quantitative estimate of drug-likeness (QED) is 0.594. The Labute approximate surface area is 76.3 Å². The molecule has 2 amide bonds. The van der Waals surface area contributed by atoms with Crippen molar-refractivity contribution in [3.8, 4) is 0 Å². The van der Waals surface area contributed by atoms with Crippen molar-refractivity contribution in [1.29, 1.82) is 0 Å². The van der Waals surface area contributed by atoms with Crippen LogP contribution in [0.2, 0.25) is 0 Å². The molecule has 1 fully saturated rings. The van der Waals surface area contributed by atoms with Crippen LogP contribution in [-0.2, 0) is 4.74 Å². The van der Waals surface area contributed by atoms with E-state index in [4.69, 9.17) is 10.5 Å². The molecule has 0 aromatic carbocycles. The maximum absolute atomic E-state index is 10.9. The molecule has 5 heteroatoms. The van der Waals surface area contributed by atoms with E-state index in [0.717, 1.165) is 26.1 Å². The summed E-state index contributed by atoms with van der Waals surface area (Å²) < 4.78 is 5.23. The average molecular weight is 183 g/mol. The molecule has 1 saturated heterocycles. The maximum atomic E-state index is 10.9. The van der Waals surface area contributed by atoms with Gasteiger partial charge in [-0.05, 0) is 18.8 Å². The number of carbonyl (C=O) groups is 1. The van der Waals surface area contributed by atoms with Crippen LogP contribution in [0.1, 0.15) is 12.8 Å². The molecule has 2 aliphatic rings. The number of amidine groups is 1. The van der Waals surface area contributed by atoms with Gasteiger partial charge in [0.2, 0.25) is 0 Å². The Balaban J connectivity index is 2.00. The van der Waals surface area contributed by atoms with E-state index >= 15 is 0 Å². The number of hydrogen-bond acceptors (Lipinski definition) is 3. The molecule has 2 aliphatic heterocycles. The van der Waals surface area contributed by atoms with Crippen LogP contribution in [0.5, 0.6) is 0 Å². The zero-order valence-corrected chi connectivity index (χ0v) is 7.32. The van der Waals surface area contributed by atoms with Crippen molar-refractivity contribution in [2.24, 2.45) is 16.6 Å². The van der Waals surface area contributed by atoms with E-state index in [1.807, 2.05) is 0 Å². The predicted octanol–water partition coefficient (Wildman–Crippen LogP) is -0.138. The van der Waals surface area contributed by atoms with E-state index in [1.54, 1.807) is 0 Å². The molecule has 0 bridgehead atoms. The van der Waals surface area contributed by atoms with Crippen LogP contribution in [0, 0.1) is 5.92 Å². The number of nitrogens with one attached hydrogen (secondary N) is 1. The lowest BCUT2D eigenvalue weighted by Gasteiger charge is -2.26. The number of nitrogens with zero attached hydrogens (tertiary/aromatic N) is 1. The number of amides is 2. The van der Waals surface area contributed by atoms with Crippen LogP contribution in [0.4, 0.5) is 4.79 Å². The van der Waals surface area contributed by atoms with Crippen molar-refractivity contribution in [2.45, 2.75) is 18.9 Å². The summed E-state index contributed by atoms with van der Waals surface area (Å²) >= 11 is 0. The Morgan fingerprint density at radius 3 is 2.69 bits per heavy atom. The van der Waals surface area contributed by atoms with Gasteiger partial charge in [-0.15, -0.1) is 0 Å². The fourth-order valence-corrected chi connectivity index (χ4v) is 1.83. The molecule has 0 saturated carbocycles. The van der Waals surface area contributed by atoms with Crippen molar-refractivity contribution >= 4 is 11.9 Å². The molecule has 0 radical (unpaired) electrons. The number of rotatable bonds is 1. The first-order valence-corrected chi connectivity index (χ1v) is 4.49. The molecule has 13 heavy (non-hydrogen) atoms. The highest BCUT2D eigenvalue weighted by Gasteiger charge is 2.32. The molecule has 0 aliphatic carbocycles. The topological polar surface area (TPSA) is 76.7 Å². The minimum absolute atomic E-state index is 0.0589. The summed E-state index contributed by atoms with van der Waals surface area (Å²) in [5.41, 5.74) is 5.63. The molecule has 0 spiro atoms. The van der Waals surface area contributed by atoms with Gasteiger partial charge in [0.1, 0.15) is 5.84 Å². The van der Waals surface area contributed by atoms with Gasteiger partial charge in [0.05, 0.1) is 6.04 Å². The van der Waals surface area contributed by atoms with E-state index in [-0.39, 0.29) is 12.1 Å². The molecule has 0 aromatic heterocycles. The monoisotopic (exact) mass is 183 g/mol. The Hall–Kier alpha value is -1.10. The van der Waals surface area contributed by atoms with Crippen molar-refractivity contribution in [3.05, 3.63) is 0 Å². The second-order valence-corrected chi connectivity index (χ2v) is 3.41. The second-order valence-electron chi connectivity index (χ2n) is 3.41. The first kappa shape index (κ1) is 8.50. The summed E-state index contributed by atoms with van der Waals surface area (Å²) in [7, 11) is 0. The summed E-state index contributed by atoms with van der Waals surface area (Å²) in [4.78, 5) is 14.5. The van der Waals surface area contributed by atoms with E-state index in [9.17, 15) is 4.79 Å². The van der Waals surface area contributed by atoms with Gasteiger partial charge in [0, 0.05) is 13.2 Å². The van der Waals surface area contributed by atoms with Gasteiger partial charge in [0.15, 0.2) is 0 Å². The average Bonchev–Trinajstić information content (AvgIpc) is 2.47. The lowest BCUT2D eigenvalue weighted by molar-refractivity contribution is 0.0625. The van der Waals surface area contributed by atoms with Crippen LogP contribution < -0.4 is 11.1 Å². The molecule has 5 nitrogen and oxygen atoms in total. The molecule has 1 atom stereocenters. The fraction of sp³-hybridized carbons (Fsp3) is 0.750. The van der Waals surface area contributed by atoms with Gasteiger partial charge < -0.3 is 15.8 Å². The normalized spacial score (nSPS) is 30.0. The standard InChI is InChI=1S/C8H13N3O2/c9-7-6(10-8(12)11-7)5-1-3-13-4-2-5/h5-6H,1-4H2,(H3,9,10,11,12). The highest BCUT2D eigenvalue weighted by atomic mass is 16.5. The number of hydrogen-bond donors (Lipinski definition) is 2. The molecule has 1 unspecified atom stereocenters. The van der Waals surface area contributed by atoms with Gasteiger partial charge in [-0.3, -0.25) is 0 Å². The first-order chi connectivity index (χ1) is 6.27. The minimum Gasteiger partial charge on any atom is -0.385 e. The van der Waals surface area contributed by atoms with Crippen molar-refractivity contribution in [2.75, 3.05) is 13.2 Å². The number of urea groups is 1. The highest BCUT2D eigenvalue weighted by Crippen LogP contribution is 2.20. The fourth-order valence-electron chi connectivity index (χ4n) is 1.83. The molecular formula is C8H13N3O2. The van der Waals surface area contributed by atoms with Crippen LogP contribution in [0.15, 0.2) is 4.99 Å². The van der Waals surface area contributed by atoms with Gasteiger partial charge in [-0.2, -0.15) is 4.99 Å². The molecular weight excluding hydrogens is 170 g/mol. The molecule has 72 valence electrons. The van der Waals surface area contributed by atoms with Crippen LogP contribution in [0.3, 0.4) is 0 Å². The maximum Gasteiger partial charge on any atom is 0.343 e. The van der Waals surface area contributed by atoms with Gasteiger partial charge in [0.25, 0.3) is 0 Å². The molecule has 2 heterocycles. The largest absolute Gasteiger partial charge is 0.385 e. The van der Waals surface area contributed by atoms with Crippen LogP contribution >= 0.6 is 0 Å². The van der Waals surface area contributed by atoms with E-state index < -0.39 is 0 Å². The first-order valence-electron chi connectivity index (χ1n) is 4.49. The summed E-state index contributed by atoms with van der Waals surface area (Å²) in [5.74, 6) is 0.820. The third kappa shape index (κ3) is 1.65. The number of nitrogens with two attached hydrogens (primary N) is 1. The number of aliphatic imine (C=N–C) groups is 1. The molecule has 3 N–H and O–H groups in total. The third-order valence-corrected chi connectivity index (χ3v) is 2.57. The molecule has 0 aromatic rings. The zero-order valence-electron chi connectivity index (χ0n) is 7.32. The van der Waals surface area contributed by atoms with Gasteiger partial charge in [-0.25, -0.2) is 4.79 Å². The number of ether oxygens (including phenoxy) is 1. The zero-order chi connectivity index (χ0) is 9.26. The Morgan fingerprint density at radius 1 is 1.46 bits per heavy atom. The summed E-state index contributed by atoms with van der Waals surface area (Å²) in [6.45, 7) is 1.51. The van der Waals surface area contributed by atoms with E-state index in [2.05, 4.69) is 10.3 Å². The Bertz CT molecular complexity index is 246. The highest BCUT2D eigenvalue weighted by molar-refractivity contribution is 6.02. The Kier molecular flexibility index (Phi) is 2.18. The van der Waals surface area contributed by atoms with Crippen molar-refractivity contribution in [3.63, 3.8) is 0 Å². The molecule has 2 rings (SSSR count). The van der Waals surface area contributed by atoms with Crippen LogP contribution in [-0.4, -0.2) is 31.1 Å².